The van der Waals surface area contributed by atoms with Gasteiger partial charge in [-0.3, -0.25) is 0 Å². The zero-order chi connectivity index (χ0) is 9.43. The monoisotopic (exact) mass is 189 g/mol. The van der Waals surface area contributed by atoms with Crippen molar-refractivity contribution in [3.05, 3.63) is 24.3 Å². The first-order valence-corrected chi connectivity index (χ1v) is 5.38. The molecule has 2 heteroatoms. The van der Waals surface area contributed by atoms with Crippen LogP contribution in [0.3, 0.4) is 0 Å². The maximum Gasteiger partial charge on any atom is 0.142 e. The summed E-state index contributed by atoms with van der Waals surface area (Å²) in [6.45, 7) is 0.837. The molecule has 1 aromatic rings. The zero-order valence-electron chi connectivity index (χ0n) is 8.25. The first-order valence-electron chi connectivity index (χ1n) is 5.38. The Bertz CT molecular complexity index is 342. The van der Waals surface area contributed by atoms with Gasteiger partial charge in [0.2, 0.25) is 0 Å². The number of para-hydroxylation sites is 2. The molecular weight excluding hydrogens is 174 g/mol. The third-order valence-electron chi connectivity index (χ3n) is 3.35. The fourth-order valence-corrected chi connectivity index (χ4v) is 2.55. The topological polar surface area (TPSA) is 21.3 Å². The molecule has 3 rings (SSSR count). The second-order valence-corrected chi connectivity index (χ2v) is 4.40. The second-order valence-electron chi connectivity index (χ2n) is 4.40. The Morgan fingerprint density at radius 2 is 1.93 bits per heavy atom. The van der Waals surface area contributed by atoms with Gasteiger partial charge in [0.15, 0.2) is 0 Å². The molecule has 1 N–H and O–H groups in total. The minimum absolute atomic E-state index is 0.244. The number of hydrogen-bond acceptors (Lipinski definition) is 2. The number of benzene rings is 1. The molecule has 1 heterocycles. The Hall–Kier alpha value is -1.18. The Labute approximate surface area is 84.3 Å². The standard InChI is InChI=1S/C12H15NO/c1-2-6-11-10(5-1)13-12(9-14-11)7-3-4-8-12/h1-2,5-6,13H,3-4,7-9H2. The van der Waals surface area contributed by atoms with Crippen LogP contribution in [0, 0.1) is 0 Å². The van der Waals surface area contributed by atoms with Gasteiger partial charge in [0, 0.05) is 0 Å². The number of ether oxygens (including phenoxy) is 1. The second kappa shape index (κ2) is 2.91. The van der Waals surface area contributed by atoms with Crippen molar-refractivity contribution in [2.45, 2.75) is 31.2 Å². The van der Waals surface area contributed by atoms with E-state index in [1.807, 2.05) is 12.1 Å². The van der Waals surface area contributed by atoms with Crippen LogP contribution in [0.2, 0.25) is 0 Å². The lowest BCUT2D eigenvalue weighted by Gasteiger charge is -2.36. The van der Waals surface area contributed by atoms with Gasteiger partial charge < -0.3 is 10.1 Å². The molecule has 74 valence electrons. The molecule has 1 aromatic carbocycles. The van der Waals surface area contributed by atoms with Crippen LogP contribution in [0.1, 0.15) is 25.7 Å². The Morgan fingerprint density at radius 3 is 2.79 bits per heavy atom. The van der Waals surface area contributed by atoms with Gasteiger partial charge in [-0.1, -0.05) is 25.0 Å². The van der Waals surface area contributed by atoms with E-state index in [1.165, 1.54) is 31.4 Å². The van der Waals surface area contributed by atoms with E-state index in [2.05, 4.69) is 17.4 Å². The largest absolute Gasteiger partial charge is 0.489 e. The highest BCUT2D eigenvalue weighted by Gasteiger charge is 2.37. The predicted molar refractivity (Wildman–Crippen MR) is 56.8 cm³/mol. The lowest BCUT2D eigenvalue weighted by molar-refractivity contribution is 0.221. The molecule has 0 aromatic heterocycles. The van der Waals surface area contributed by atoms with Gasteiger partial charge in [-0.15, -0.1) is 0 Å². The molecule has 1 saturated carbocycles. The molecule has 0 saturated heterocycles. The van der Waals surface area contributed by atoms with Gasteiger partial charge in [0.25, 0.3) is 0 Å². The fraction of sp³-hybridized carbons (Fsp3) is 0.500. The minimum Gasteiger partial charge on any atom is -0.489 e. The van der Waals surface area contributed by atoms with Crippen molar-refractivity contribution >= 4 is 5.69 Å². The molecule has 0 amide bonds. The van der Waals surface area contributed by atoms with E-state index in [0.717, 1.165) is 12.4 Å². The van der Waals surface area contributed by atoms with Crippen LogP contribution in [-0.2, 0) is 0 Å². The summed E-state index contributed by atoms with van der Waals surface area (Å²) in [7, 11) is 0. The highest BCUT2D eigenvalue weighted by Crippen LogP contribution is 2.40. The quantitative estimate of drug-likeness (QED) is 0.677. The molecule has 2 nitrogen and oxygen atoms in total. The third kappa shape index (κ3) is 1.17. The lowest BCUT2D eigenvalue weighted by atomic mass is 9.97. The Morgan fingerprint density at radius 1 is 1.14 bits per heavy atom. The summed E-state index contributed by atoms with van der Waals surface area (Å²) in [5.41, 5.74) is 1.41. The molecule has 1 aliphatic carbocycles. The molecule has 1 fully saturated rings. The van der Waals surface area contributed by atoms with Crippen molar-refractivity contribution in [3.8, 4) is 5.75 Å². The van der Waals surface area contributed by atoms with E-state index in [0.29, 0.717) is 0 Å². The first-order chi connectivity index (χ1) is 6.88. The maximum atomic E-state index is 5.80. The first kappa shape index (κ1) is 8.16. The smallest absolute Gasteiger partial charge is 0.142 e. The van der Waals surface area contributed by atoms with Crippen molar-refractivity contribution < 1.29 is 4.74 Å². The molecule has 0 bridgehead atoms. The molecule has 1 spiro atoms. The van der Waals surface area contributed by atoms with Crippen molar-refractivity contribution in [2.24, 2.45) is 0 Å². The van der Waals surface area contributed by atoms with Crippen LogP contribution >= 0.6 is 0 Å². The molecule has 14 heavy (non-hydrogen) atoms. The summed E-state index contributed by atoms with van der Waals surface area (Å²) in [6, 6.07) is 8.22. The third-order valence-corrected chi connectivity index (χ3v) is 3.35. The van der Waals surface area contributed by atoms with Crippen molar-refractivity contribution in [3.63, 3.8) is 0 Å². The number of rotatable bonds is 0. The Kier molecular flexibility index (Phi) is 1.69. The van der Waals surface area contributed by atoms with Crippen molar-refractivity contribution in [1.82, 2.24) is 0 Å². The van der Waals surface area contributed by atoms with Crippen LogP contribution in [0.15, 0.2) is 24.3 Å². The molecule has 2 aliphatic rings. The highest BCUT2D eigenvalue weighted by atomic mass is 16.5. The summed E-state index contributed by atoms with van der Waals surface area (Å²) in [4.78, 5) is 0. The van der Waals surface area contributed by atoms with E-state index in [1.54, 1.807) is 0 Å². The van der Waals surface area contributed by atoms with Gasteiger partial charge in [0.05, 0.1) is 11.2 Å². The van der Waals surface area contributed by atoms with Crippen LogP contribution in [0.5, 0.6) is 5.75 Å². The lowest BCUT2D eigenvalue weighted by Crippen LogP contribution is -2.44. The fourth-order valence-electron chi connectivity index (χ4n) is 2.55. The van der Waals surface area contributed by atoms with Crippen LogP contribution < -0.4 is 10.1 Å². The van der Waals surface area contributed by atoms with Crippen LogP contribution in [0.4, 0.5) is 5.69 Å². The van der Waals surface area contributed by atoms with Gasteiger partial charge in [-0.05, 0) is 25.0 Å². The van der Waals surface area contributed by atoms with E-state index in [-0.39, 0.29) is 5.54 Å². The summed E-state index contributed by atoms with van der Waals surface area (Å²) >= 11 is 0. The SMILES string of the molecule is c1ccc2c(c1)NC1(CCCC1)CO2. The summed E-state index contributed by atoms with van der Waals surface area (Å²) in [5.74, 6) is 1.00. The Balaban J connectivity index is 1.92. The van der Waals surface area contributed by atoms with E-state index in [4.69, 9.17) is 4.74 Å². The zero-order valence-corrected chi connectivity index (χ0v) is 8.25. The van der Waals surface area contributed by atoms with Gasteiger partial charge >= 0.3 is 0 Å². The summed E-state index contributed by atoms with van der Waals surface area (Å²) in [6.07, 6.45) is 5.17. The average molecular weight is 189 g/mol. The van der Waals surface area contributed by atoms with Crippen LogP contribution in [-0.4, -0.2) is 12.1 Å². The number of anilines is 1. The molecule has 0 atom stereocenters. The minimum atomic E-state index is 0.244. The summed E-state index contributed by atoms with van der Waals surface area (Å²) < 4.78 is 5.80. The maximum absolute atomic E-state index is 5.80. The van der Waals surface area contributed by atoms with E-state index < -0.39 is 0 Å². The molecule has 0 unspecified atom stereocenters. The predicted octanol–water partition coefficient (Wildman–Crippen LogP) is 2.80. The van der Waals surface area contributed by atoms with Crippen LogP contribution in [0.25, 0.3) is 0 Å². The molecular formula is C12H15NO. The van der Waals surface area contributed by atoms with Gasteiger partial charge in [-0.2, -0.15) is 0 Å². The molecule has 1 aliphatic heterocycles. The van der Waals surface area contributed by atoms with Gasteiger partial charge in [0.1, 0.15) is 12.4 Å². The molecule has 0 radical (unpaired) electrons. The van der Waals surface area contributed by atoms with E-state index >= 15 is 0 Å². The number of nitrogens with one attached hydrogen (secondary N) is 1. The average Bonchev–Trinajstić information content (AvgIpc) is 2.66. The highest BCUT2D eigenvalue weighted by molar-refractivity contribution is 5.59. The van der Waals surface area contributed by atoms with Gasteiger partial charge in [-0.25, -0.2) is 0 Å². The van der Waals surface area contributed by atoms with Crippen molar-refractivity contribution in [1.29, 1.82) is 0 Å². The summed E-state index contributed by atoms with van der Waals surface area (Å²) in [5, 5.41) is 3.65. The number of fused-ring (bicyclic) bond motifs is 1. The number of hydrogen-bond donors (Lipinski definition) is 1. The van der Waals surface area contributed by atoms with E-state index in [9.17, 15) is 0 Å². The normalized spacial score (nSPS) is 22.6. The van der Waals surface area contributed by atoms with Crippen molar-refractivity contribution in [2.75, 3.05) is 11.9 Å².